The van der Waals surface area contributed by atoms with Crippen LogP contribution in [0, 0.1) is 5.92 Å². The number of hydrogen-bond donors (Lipinski definition) is 1. The number of anilines is 1. The Kier molecular flexibility index (Phi) is 8.21. The van der Waals surface area contributed by atoms with Crippen molar-refractivity contribution in [2.24, 2.45) is 5.92 Å². The van der Waals surface area contributed by atoms with Crippen LogP contribution >= 0.6 is 11.6 Å². The first kappa shape index (κ1) is 27.8. The van der Waals surface area contributed by atoms with Crippen LogP contribution in [-0.4, -0.2) is 34.7 Å². The highest BCUT2D eigenvalue weighted by molar-refractivity contribution is 6.30. The van der Waals surface area contributed by atoms with Gasteiger partial charge in [0.15, 0.2) is 0 Å². The molecule has 1 aliphatic rings. The average molecular weight is 571 g/mol. The van der Waals surface area contributed by atoms with Crippen LogP contribution in [0.3, 0.4) is 0 Å². The number of fused-ring (bicyclic) bond motifs is 1. The molecule has 0 spiro atoms. The van der Waals surface area contributed by atoms with Crippen molar-refractivity contribution < 1.29 is 22.7 Å². The molecule has 1 N–H and O–H groups in total. The number of carbonyl (C=O) groups is 1. The molecule has 10 heteroatoms. The summed E-state index contributed by atoms with van der Waals surface area (Å²) < 4.78 is 42.8. The van der Waals surface area contributed by atoms with Crippen LogP contribution in [0.4, 0.5) is 18.9 Å². The van der Waals surface area contributed by atoms with Crippen molar-refractivity contribution in [1.82, 2.24) is 14.7 Å². The van der Waals surface area contributed by atoms with E-state index in [0.29, 0.717) is 35.2 Å². The third-order valence-corrected chi connectivity index (χ3v) is 7.48. The summed E-state index contributed by atoms with van der Waals surface area (Å²) in [4.78, 5) is 20.0. The molecule has 2 aromatic carbocycles. The van der Waals surface area contributed by atoms with Crippen molar-refractivity contribution in [2.75, 3.05) is 18.0 Å². The van der Waals surface area contributed by atoms with Crippen molar-refractivity contribution in [3.8, 4) is 5.75 Å². The Morgan fingerprint density at radius 1 is 1.02 bits per heavy atom. The van der Waals surface area contributed by atoms with Gasteiger partial charge in [0.2, 0.25) is 0 Å². The average Bonchev–Trinajstić information content (AvgIpc) is 3.30. The number of piperidine rings is 1. The van der Waals surface area contributed by atoms with Gasteiger partial charge in [-0.15, -0.1) is 13.2 Å². The normalized spacial score (nSPS) is 14.5. The fraction of sp³-hybridized carbons (Fsp3) is 0.333. The number of rotatable bonds is 8. The van der Waals surface area contributed by atoms with E-state index in [9.17, 15) is 18.0 Å². The lowest BCUT2D eigenvalue weighted by Crippen LogP contribution is -2.34. The van der Waals surface area contributed by atoms with Crippen molar-refractivity contribution in [1.29, 1.82) is 0 Å². The van der Waals surface area contributed by atoms with Gasteiger partial charge in [-0.05, 0) is 79.1 Å². The molecule has 0 aliphatic carbocycles. The third-order valence-electron chi connectivity index (χ3n) is 7.25. The maximum atomic E-state index is 13.1. The molecule has 0 saturated carbocycles. The quantitative estimate of drug-likeness (QED) is 0.252. The Labute approximate surface area is 235 Å². The van der Waals surface area contributed by atoms with Crippen molar-refractivity contribution in [2.45, 2.75) is 45.5 Å². The van der Waals surface area contributed by atoms with E-state index in [0.717, 1.165) is 54.9 Å². The topological polar surface area (TPSA) is 58.9 Å². The van der Waals surface area contributed by atoms with Crippen LogP contribution in [0.25, 0.3) is 5.65 Å². The van der Waals surface area contributed by atoms with Gasteiger partial charge in [0.05, 0.1) is 10.7 Å². The molecule has 0 atom stereocenters. The number of benzene rings is 2. The summed E-state index contributed by atoms with van der Waals surface area (Å²) in [6.07, 6.45) is 0.501. The Balaban J connectivity index is 1.12. The monoisotopic (exact) mass is 570 g/mol. The molecule has 3 heterocycles. The van der Waals surface area contributed by atoms with Crippen LogP contribution < -0.4 is 15.0 Å². The van der Waals surface area contributed by atoms with Gasteiger partial charge >= 0.3 is 6.36 Å². The predicted octanol–water partition coefficient (Wildman–Crippen LogP) is 6.84. The van der Waals surface area contributed by atoms with E-state index in [2.05, 4.69) is 32.1 Å². The zero-order valence-electron chi connectivity index (χ0n) is 22.0. The second kappa shape index (κ2) is 11.8. The Hall–Kier alpha value is -3.72. The molecule has 1 amide bonds. The fourth-order valence-corrected chi connectivity index (χ4v) is 5.36. The molecule has 4 aromatic rings. The number of alkyl halides is 3. The molecule has 5 rings (SSSR count). The lowest BCUT2D eigenvalue weighted by atomic mass is 9.90. The molecular formula is C30H30ClF3N4O2. The van der Waals surface area contributed by atoms with E-state index in [1.165, 1.54) is 12.1 Å². The predicted molar refractivity (Wildman–Crippen MR) is 149 cm³/mol. The lowest BCUT2D eigenvalue weighted by molar-refractivity contribution is -0.274. The van der Waals surface area contributed by atoms with Crippen LogP contribution in [0.15, 0.2) is 66.9 Å². The van der Waals surface area contributed by atoms with E-state index in [1.54, 1.807) is 34.9 Å². The summed E-state index contributed by atoms with van der Waals surface area (Å²) in [6.45, 7) is 4.18. The van der Waals surface area contributed by atoms with E-state index >= 15 is 0 Å². The molecule has 40 heavy (non-hydrogen) atoms. The molecule has 0 bridgehead atoms. The minimum absolute atomic E-state index is 0.194. The molecule has 1 fully saturated rings. The van der Waals surface area contributed by atoms with Gasteiger partial charge in [-0.1, -0.05) is 42.8 Å². The van der Waals surface area contributed by atoms with Crippen LogP contribution in [0.2, 0.25) is 5.02 Å². The first-order valence-electron chi connectivity index (χ1n) is 13.3. The maximum absolute atomic E-state index is 13.1. The standard InChI is InChI=1S/C30H30ClF3N4O2/c1-2-26-28(38-19-23(31)7-12-27(38)36-26)29(39)35-18-22-3-8-24(9-4-22)37-15-13-21(14-16-37)17-20-5-10-25(11-6-20)40-30(32,33)34/h3-12,19,21H,2,13-18H2,1H3,(H,35,39). The van der Waals surface area contributed by atoms with Gasteiger partial charge in [-0.25, -0.2) is 4.98 Å². The first-order valence-corrected chi connectivity index (χ1v) is 13.7. The smallest absolute Gasteiger partial charge is 0.406 e. The molecule has 210 valence electrons. The number of imidazole rings is 1. The number of nitrogens with zero attached hydrogens (tertiary/aromatic N) is 3. The van der Waals surface area contributed by atoms with Crippen LogP contribution in [0.1, 0.15) is 47.1 Å². The van der Waals surface area contributed by atoms with Crippen LogP contribution in [0.5, 0.6) is 5.75 Å². The van der Waals surface area contributed by atoms with Gasteiger partial charge in [0.1, 0.15) is 17.1 Å². The summed E-state index contributed by atoms with van der Waals surface area (Å²) in [5, 5.41) is 3.55. The minimum Gasteiger partial charge on any atom is -0.406 e. The van der Waals surface area contributed by atoms with Gasteiger partial charge in [-0.3, -0.25) is 9.20 Å². The summed E-state index contributed by atoms with van der Waals surface area (Å²) in [5.41, 5.74) is 5.06. The lowest BCUT2D eigenvalue weighted by Gasteiger charge is -2.34. The molecule has 1 aliphatic heterocycles. The van der Waals surface area contributed by atoms with Gasteiger partial charge in [0.25, 0.3) is 5.91 Å². The van der Waals surface area contributed by atoms with Crippen LogP contribution in [-0.2, 0) is 19.4 Å². The molecular weight excluding hydrogens is 541 g/mol. The largest absolute Gasteiger partial charge is 0.573 e. The van der Waals surface area contributed by atoms with E-state index in [1.807, 2.05) is 19.1 Å². The Morgan fingerprint density at radius 2 is 1.70 bits per heavy atom. The first-order chi connectivity index (χ1) is 19.2. The van der Waals surface area contributed by atoms with Crippen molar-refractivity contribution >= 4 is 28.8 Å². The second-order valence-electron chi connectivity index (χ2n) is 10.0. The Bertz CT molecular complexity index is 1460. The molecule has 0 unspecified atom stereocenters. The number of aryl methyl sites for hydroxylation is 1. The van der Waals surface area contributed by atoms with Crippen molar-refractivity contribution in [3.63, 3.8) is 0 Å². The summed E-state index contributed by atoms with van der Waals surface area (Å²) >= 11 is 6.15. The number of hydrogen-bond acceptors (Lipinski definition) is 4. The summed E-state index contributed by atoms with van der Waals surface area (Å²) in [5.74, 6) is 0.0861. The van der Waals surface area contributed by atoms with E-state index in [4.69, 9.17) is 11.6 Å². The summed E-state index contributed by atoms with van der Waals surface area (Å²) in [7, 11) is 0. The molecule has 2 aromatic heterocycles. The number of ether oxygens (including phenoxy) is 1. The maximum Gasteiger partial charge on any atom is 0.573 e. The van der Waals surface area contributed by atoms with Gasteiger partial charge < -0.3 is 15.0 Å². The van der Waals surface area contributed by atoms with Crippen molar-refractivity contribution in [3.05, 3.63) is 94.4 Å². The fourth-order valence-electron chi connectivity index (χ4n) is 5.20. The summed E-state index contributed by atoms with van der Waals surface area (Å²) in [6, 6.07) is 17.9. The number of nitrogens with one attached hydrogen (secondary N) is 1. The second-order valence-corrected chi connectivity index (χ2v) is 10.4. The van der Waals surface area contributed by atoms with E-state index in [-0.39, 0.29) is 11.7 Å². The Morgan fingerprint density at radius 3 is 2.35 bits per heavy atom. The zero-order chi connectivity index (χ0) is 28.3. The van der Waals surface area contributed by atoms with Gasteiger partial charge in [-0.2, -0.15) is 0 Å². The third kappa shape index (κ3) is 6.70. The SMILES string of the molecule is CCc1nc2ccc(Cl)cn2c1C(=O)NCc1ccc(N2CCC(Cc3ccc(OC(F)(F)F)cc3)CC2)cc1. The van der Waals surface area contributed by atoms with Gasteiger partial charge in [0, 0.05) is 31.5 Å². The number of pyridine rings is 1. The highest BCUT2D eigenvalue weighted by Gasteiger charge is 2.31. The highest BCUT2D eigenvalue weighted by Crippen LogP contribution is 2.28. The number of aromatic nitrogens is 2. The number of carbonyl (C=O) groups excluding carboxylic acids is 1. The zero-order valence-corrected chi connectivity index (χ0v) is 22.8. The van der Waals surface area contributed by atoms with E-state index < -0.39 is 6.36 Å². The highest BCUT2D eigenvalue weighted by atomic mass is 35.5. The number of amides is 1. The minimum atomic E-state index is -4.68. The number of halogens is 4. The molecule has 0 radical (unpaired) electrons. The molecule has 1 saturated heterocycles. The molecule has 6 nitrogen and oxygen atoms in total.